The van der Waals surface area contributed by atoms with Crippen LogP contribution in [-0.4, -0.2) is 9.97 Å². The van der Waals surface area contributed by atoms with E-state index in [1.54, 1.807) is 0 Å². The minimum atomic E-state index is 0.267. The van der Waals surface area contributed by atoms with E-state index in [0.717, 1.165) is 29.0 Å². The molecule has 3 rings (SSSR count). The molecule has 1 heterocycles. The molecule has 21 heavy (non-hydrogen) atoms. The fraction of sp³-hybridized carbons (Fsp3) is 0.278. The Labute approximate surface area is 125 Å². The summed E-state index contributed by atoms with van der Waals surface area (Å²) >= 11 is 0. The minimum absolute atomic E-state index is 0.267. The van der Waals surface area contributed by atoms with E-state index < -0.39 is 0 Å². The number of aromatic amines is 1. The lowest BCUT2D eigenvalue weighted by Gasteiger charge is -2.21. The lowest BCUT2D eigenvalue weighted by atomic mass is 9.85. The number of nitrogens with one attached hydrogen (secondary N) is 1. The van der Waals surface area contributed by atoms with Crippen molar-refractivity contribution >= 4 is 16.7 Å². The normalized spacial score (nSPS) is 14.2. The van der Waals surface area contributed by atoms with Crippen molar-refractivity contribution in [3.05, 3.63) is 59.9 Å². The van der Waals surface area contributed by atoms with Gasteiger partial charge in [0.05, 0.1) is 11.2 Å². The Morgan fingerprint density at radius 3 is 2.52 bits per heavy atom. The summed E-state index contributed by atoms with van der Waals surface area (Å²) in [4.78, 5) is 8.24. The molecule has 3 aromatic rings. The molecule has 0 aliphatic rings. The predicted octanol–water partition coefficient (Wildman–Crippen LogP) is 4.32. The summed E-state index contributed by atoms with van der Waals surface area (Å²) in [5.74, 6) is 1.78. The number of rotatable bonds is 4. The standard InChI is InChI=1S/C18H21N3/c1-3-12(2)16(13-8-5-4-6-9-13)18-20-15-11-7-10-14(19)17(15)21-18/h4-12,16H,3,19H2,1-2H3,(H,20,21). The Bertz CT molecular complexity index is 731. The first-order valence-corrected chi connectivity index (χ1v) is 7.49. The van der Waals surface area contributed by atoms with Crippen LogP contribution in [0.1, 0.15) is 37.6 Å². The maximum atomic E-state index is 6.03. The van der Waals surface area contributed by atoms with Gasteiger partial charge >= 0.3 is 0 Å². The maximum absolute atomic E-state index is 6.03. The van der Waals surface area contributed by atoms with E-state index in [4.69, 9.17) is 10.7 Å². The zero-order valence-electron chi connectivity index (χ0n) is 12.5. The van der Waals surface area contributed by atoms with Crippen molar-refractivity contribution in [2.75, 3.05) is 5.73 Å². The second-order valence-corrected chi connectivity index (χ2v) is 5.64. The minimum Gasteiger partial charge on any atom is -0.397 e. The summed E-state index contributed by atoms with van der Waals surface area (Å²) in [6.07, 6.45) is 1.10. The van der Waals surface area contributed by atoms with Crippen molar-refractivity contribution in [1.82, 2.24) is 9.97 Å². The van der Waals surface area contributed by atoms with Gasteiger partial charge in [-0.1, -0.05) is 56.7 Å². The SMILES string of the molecule is CCC(C)C(c1ccccc1)c1nc2c(N)cccc2[nH]1. The molecule has 1 aromatic heterocycles. The number of fused-ring (bicyclic) bond motifs is 1. The molecule has 0 bridgehead atoms. The first kappa shape index (κ1) is 13.7. The van der Waals surface area contributed by atoms with Gasteiger partial charge in [-0.2, -0.15) is 0 Å². The Hall–Kier alpha value is -2.29. The molecule has 108 valence electrons. The number of hydrogen-bond acceptors (Lipinski definition) is 2. The molecular formula is C18H21N3. The molecule has 0 saturated heterocycles. The zero-order valence-corrected chi connectivity index (χ0v) is 12.5. The number of aromatic nitrogens is 2. The monoisotopic (exact) mass is 279 g/mol. The topological polar surface area (TPSA) is 54.7 Å². The van der Waals surface area contributed by atoms with Gasteiger partial charge in [-0.15, -0.1) is 0 Å². The highest BCUT2D eigenvalue weighted by molar-refractivity contribution is 5.87. The molecule has 0 spiro atoms. The van der Waals surface area contributed by atoms with Gasteiger partial charge in [-0.25, -0.2) is 4.98 Å². The molecule has 0 radical (unpaired) electrons. The number of benzene rings is 2. The highest BCUT2D eigenvalue weighted by Crippen LogP contribution is 2.33. The van der Waals surface area contributed by atoms with Crippen LogP contribution in [0.15, 0.2) is 48.5 Å². The lowest BCUT2D eigenvalue weighted by Crippen LogP contribution is -2.12. The molecule has 3 nitrogen and oxygen atoms in total. The fourth-order valence-corrected chi connectivity index (χ4v) is 2.87. The second-order valence-electron chi connectivity index (χ2n) is 5.64. The van der Waals surface area contributed by atoms with Gasteiger partial charge in [-0.3, -0.25) is 0 Å². The van der Waals surface area contributed by atoms with Crippen LogP contribution in [0.3, 0.4) is 0 Å². The predicted molar refractivity (Wildman–Crippen MR) is 88.2 cm³/mol. The summed E-state index contributed by atoms with van der Waals surface area (Å²) in [6.45, 7) is 4.49. The van der Waals surface area contributed by atoms with Crippen LogP contribution in [0, 0.1) is 5.92 Å². The van der Waals surface area contributed by atoms with E-state index in [2.05, 4.69) is 43.1 Å². The van der Waals surface area contributed by atoms with Crippen molar-refractivity contribution in [1.29, 1.82) is 0 Å². The van der Waals surface area contributed by atoms with Crippen LogP contribution >= 0.6 is 0 Å². The van der Waals surface area contributed by atoms with Gasteiger partial charge in [-0.05, 0) is 23.6 Å². The number of imidazole rings is 1. The second kappa shape index (κ2) is 5.60. The van der Waals surface area contributed by atoms with E-state index in [9.17, 15) is 0 Å². The van der Waals surface area contributed by atoms with E-state index in [1.807, 2.05) is 24.3 Å². The van der Waals surface area contributed by atoms with Crippen LogP contribution in [0.5, 0.6) is 0 Å². The van der Waals surface area contributed by atoms with Crippen molar-refractivity contribution in [2.24, 2.45) is 5.92 Å². The molecule has 3 heteroatoms. The highest BCUT2D eigenvalue weighted by atomic mass is 14.9. The molecule has 0 fully saturated rings. The van der Waals surface area contributed by atoms with Crippen LogP contribution in [0.2, 0.25) is 0 Å². The quantitative estimate of drug-likeness (QED) is 0.699. The number of hydrogen-bond donors (Lipinski definition) is 2. The summed E-state index contributed by atoms with van der Waals surface area (Å²) in [7, 11) is 0. The summed E-state index contributed by atoms with van der Waals surface area (Å²) in [6, 6.07) is 16.5. The molecule has 0 aliphatic carbocycles. The van der Waals surface area contributed by atoms with E-state index >= 15 is 0 Å². The Morgan fingerprint density at radius 1 is 1.10 bits per heavy atom. The maximum Gasteiger partial charge on any atom is 0.115 e. The van der Waals surface area contributed by atoms with Gasteiger partial charge in [0, 0.05) is 5.92 Å². The lowest BCUT2D eigenvalue weighted by molar-refractivity contribution is 0.482. The Kier molecular flexibility index (Phi) is 3.65. The van der Waals surface area contributed by atoms with Crippen molar-refractivity contribution in [3.8, 4) is 0 Å². The molecule has 0 amide bonds. The Morgan fingerprint density at radius 2 is 1.86 bits per heavy atom. The van der Waals surface area contributed by atoms with E-state index in [-0.39, 0.29) is 5.92 Å². The molecule has 0 aliphatic heterocycles. The molecule has 2 atom stereocenters. The third-order valence-electron chi connectivity index (χ3n) is 4.23. The number of H-pyrrole nitrogens is 1. The summed E-state index contributed by atoms with van der Waals surface area (Å²) in [5.41, 5.74) is 9.94. The van der Waals surface area contributed by atoms with Crippen LogP contribution in [0.25, 0.3) is 11.0 Å². The van der Waals surface area contributed by atoms with Gasteiger partial charge < -0.3 is 10.7 Å². The number of para-hydroxylation sites is 1. The molecule has 2 unspecified atom stereocenters. The van der Waals surface area contributed by atoms with Crippen LogP contribution in [0.4, 0.5) is 5.69 Å². The van der Waals surface area contributed by atoms with Gasteiger partial charge in [0.2, 0.25) is 0 Å². The van der Waals surface area contributed by atoms with E-state index in [0.29, 0.717) is 5.92 Å². The average molecular weight is 279 g/mol. The summed E-state index contributed by atoms with van der Waals surface area (Å²) < 4.78 is 0. The third kappa shape index (κ3) is 2.51. The smallest absolute Gasteiger partial charge is 0.115 e. The molecule has 3 N–H and O–H groups in total. The van der Waals surface area contributed by atoms with Crippen LogP contribution < -0.4 is 5.73 Å². The first-order chi connectivity index (χ1) is 10.2. The highest BCUT2D eigenvalue weighted by Gasteiger charge is 2.23. The fourth-order valence-electron chi connectivity index (χ4n) is 2.87. The number of nitrogens with two attached hydrogens (primary N) is 1. The largest absolute Gasteiger partial charge is 0.397 e. The molecular weight excluding hydrogens is 258 g/mol. The van der Waals surface area contributed by atoms with Gasteiger partial charge in [0.25, 0.3) is 0 Å². The van der Waals surface area contributed by atoms with Crippen molar-refractivity contribution in [2.45, 2.75) is 26.2 Å². The van der Waals surface area contributed by atoms with Crippen LogP contribution in [-0.2, 0) is 0 Å². The van der Waals surface area contributed by atoms with Crippen molar-refractivity contribution < 1.29 is 0 Å². The van der Waals surface area contributed by atoms with E-state index in [1.165, 1.54) is 5.56 Å². The molecule has 0 saturated carbocycles. The summed E-state index contributed by atoms with van der Waals surface area (Å²) in [5, 5.41) is 0. The van der Waals surface area contributed by atoms with Gasteiger partial charge in [0.1, 0.15) is 11.3 Å². The average Bonchev–Trinajstić information content (AvgIpc) is 2.93. The number of anilines is 1. The van der Waals surface area contributed by atoms with Gasteiger partial charge in [0.15, 0.2) is 0 Å². The number of nitrogens with zero attached hydrogens (tertiary/aromatic N) is 1. The first-order valence-electron chi connectivity index (χ1n) is 7.49. The number of nitrogen functional groups attached to an aromatic ring is 1. The third-order valence-corrected chi connectivity index (χ3v) is 4.23. The van der Waals surface area contributed by atoms with Crippen molar-refractivity contribution in [3.63, 3.8) is 0 Å². The zero-order chi connectivity index (χ0) is 14.8. The Balaban J connectivity index is 2.12. The molecule has 2 aromatic carbocycles.